The highest BCUT2D eigenvalue weighted by molar-refractivity contribution is 7.93. The van der Waals surface area contributed by atoms with Crippen molar-refractivity contribution in [2.45, 2.75) is 50.2 Å². The number of nitrogens with zero attached hydrogens (tertiary/aromatic N) is 6. The molecule has 14 heteroatoms. The second-order valence-electron chi connectivity index (χ2n) is 8.34. The third-order valence-electron chi connectivity index (χ3n) is 6.07. The number of anilines is 1. The Labute approximate surface area is 214 Å². The van der Waals surface area contributed by atoms with Crippen LogP contribution in [-0.4, -0.2) is 70.3 Å². The number of nitrogens with one attached hydrogen (secondary N) is 1. The van der Waals surface area contributed by atoms with E-state index in [4.69, 9.17) is 25.8 Å². The Balaban J connectivity index is 1.70. The monoisotopic (exact) mass is 537 g/mol. The Bertz CT molecular complexity index is 1280. The van der Waals surface area contributed by atoms with Crippen LogP contribution in [0.2, 0.25) is 5.02 Å². The van der Waals surface area contributed by atoms with Crippen LogP contribution in [0.5, 0.6) is 5.88 Å². The average Bonchev–Trinajstić information content (AvgIpc) is 3.55. The highest BCUT2D eigenvalue weighted by Gasteiger charge is 2.36. The van der Waals surface area contributed by atoms with Crippen LogP contribution in [0.4, 0.5) is 5.95 Å². The topological polar surface area (TPSA) is 143 Å². The zero-order chi connectivity index (χ0) is 25.9. The number of hydrogen-bond donors (Lipinski definition) is 1. The van der Waals surface area contributed by atoms with Gasteiger partial charge in [0.1, 0.15) is 17.0 Å². The molecule has 1 saturated heterocycles. The molecule has 3 aromatic rings. The molecule has 36 heavy (non-hydrogen) atoms. The quantitative estimate of drug-likeness (QED) is 0.409. The summed E-state index contributed by atoms with van der Waals surface area (Å²) in [5, 5.41) is 7.70. The molecule has 4 heterocycles. The molecule has 1 N–H and O–H groups in total. The number of pyridine rings is 1. The van der Waals surface area contributed by atoms with Crippen molar-refractivity contribution >= 4 is 27.6 Å². The van der Waals surface area contributed by atoms with Crippen LogP contribution in [0.15, 0.2) is 30.6 Å². The zero-order valence-corrected chi connectivity index (χ0v) is 21.9. The van der Waals surface area contributed by atoms with Crippen molar-refractivity contribution in [1.29, 1.82) is 0 Å². The van der Waals surface area contributed by atoms with Crippen LogP contribution in [0.3, 0.4) is 0 Å². The second-order valence-corrected chi connectivity index (χ2v) is 10.8. The predicted octanol–water partition coefficient (Wildman–Crippen LogP) is 3.05. The molecule has 0 amide bonds. The lowest BCUT2D eigenvalue weighted by atomic mass is 10.1. The number of halogens is 1. The molecule has 1 aliphatic heterocycles. The lowest BCUT2D eigenvalue weighted by molar-refractivity contribution is 0.0743. The molecule has 0 spiro atoms. The normalized spacial score (nSPS) is 18.5. The van der Waals surface area contributed by atoms with Gasteiger partial charge in [-0.05, 0) is 32.8 Å². The van der Waals surface area contributed by atoms with Crippen molar-refractivity contribution < 1.29 is 22.6 Å². The molecule has 0 bridgehead atoms. The maximum absolute atomic E-state index is 13.5. The molecule has 4 rings (SSSR count). The number of rotatable bonds is 10. The molecule has 4 unspecified atom stereocenters. The van der Waals surface area contributed by atoms with E-state index in [1.54, 1.807) is 22.8 Å². The van der Waals surface area contributed by atoms with Gasteiger partial charge in [0, 0.05) is 32.2 Å². The Hall–Kier alpha value is -2.87. The molecule has 0 radical (unpaired) electrons. The molecular formula is C22H28ClN7O5S. The van der Waals surface area contributed by atoms with Gasteiger partial charge in [-0.3, -0.25) is 9.29 Å². The van der Waals surface area contributed by atoms with E-state index in [1.807, 2.05) is 6.92 Å². The molecule has 12 nitrogen and oxygen atoms in total. The van der Waals surface area contributed by atoms with E-state index < -0.39 is 21.4 Å². The van der Waals surface area contributed by atoms with E-state index in [2.05, 4.69) is 29.9 Å². The van der Waals surface area contributed by atoms with Crippen LogP contribution in [-0.2, 0) is 19.5 Å². The van der Waals surface area contributed by atoms with E-state index in [0.29, 0.717) is 29.0 Å². The smallest absolute Gasteiger partial charge is 0.240 e. The maximum Gasteiger partial charge on any atom is 0.240 e. The molecule has 0 aliphatic carbocycles. The fourth-order valence-corrected chi connectivity index (χ4v) is 5.32. The number of aromatic nitrogens is 6. The van der Waals surface area contributed by atoms with Crippen LogP contribution in [0, 0.1) is 0 Å². The first kappa shape index (κ1) is 26.2. The lowest BCUT2D eigenvalue weighted by Crippen LogP contribution is -2.34. The first-order valence-electron chi connectivity index (χ1n) is 11.3. The second kappa shape index (κ2) is 11.0. The first-order chi connectivity index (χ1) is 17.2. The first-order valence-corrected chi connectivity index (χ1v) is 13.3. The summed E-state index contributed by atoms with van der Waals surface area (Å²) in [5.74, 6) is 1.01. The van der Waals surface area contributed by atoms with Gasteiger partial charge in [0.05, 0.1) is 24.3 Å². The number of methoxy groups -OCH3 is 2. The summed E-state index contributed by atoms with van der Waals surface area (Å²) < 4.78 is 47.8. The van der Waals surface area contributed by atoms with Crippen molar-refractivity contribution in [3.8, 4) is 17.4 Å². The molecule has 4 atom stereocenters. The molecule has 0 aromatic carbocycles. The van der Waals surface area contributed by atoms with Gasteiger partial charge in [0.25, 0.3) is 0 Å². The number of ether oxygens (including phenoxy) is 3. The lowest BCUT2D eigenvalue weighted by Gasteiger charge is -2.25. The van der Waals surface area contributed by atoms with E-state index in [-0.39, 0.29) is 23.9 Å². The standard InChI is InChI=1S/C22H28ClN7O5S/c1-13(17-8-6-10-35-17)30-21(16-7-5-9-18(26-16)33-3)27-28-22(30)29-36(31,32)14(2)19(34-4)20-24-11-15(23)12-25-20/h5,7,9,11-14,17,19H,6,8,10H2,1-4H3,(H,28,29). The van der Waals surface area contributed by atoms with Gasteiger partial charge in [-0.15, -0.1) is 10.2 Å². The van der Waals surface area contributed by atoms with Gasteiger partial charge >= 0.3 is 0 Å². The maximum atomic E-state index is 13.5. The Morgan fingerprint density at radius 1 is 1.19 bits per heavy atom. The molecule has 194 valence electrons. The number of hydrogen-bond acceptors (Lipinski definition) is 10. The van der Waals surface area contributed by atoms with Crippen molar-refractivity contribution in [3.05, 3.63) is 41.4 Å². The highest BCUT2D eigenvalue weighted by atomic mass is 35.5. The molecule has 0 saturated carbocycles. The van der Waals surface area contributed by atoms with E-state index >= 15 is 0 Å². The van der Waals surface area contributed by atoms with Crippen LogP contribution in [0.1, 0.15) is 44.7 Å². The van der Waals surface area contributed by atoms with Gasteiger partial charge in [-0.25, -0.2) is 23.4 Å². The summed E-state index contributed by atoms with van der Waals surface area (Å²) in [6.45, 7) is 4.07. The molecule has 1 fully saturated rings. The van der Waals surface area contributed by atoms with E-state index in [0.717, 1.165) is 12.8 Å². The largest absolute Gasteiger partial charge is 0.481 e. The third-order valence-corrected chi connectivity index (χ3v) is 7.95. The van der Waals surface area contributed by atoms with Crippen LogP contribution >= 0.6 is 11.6 Å². The fraction of sp³-hybridized carbons (Fsp3) is 0.500. The summed E-state index contributed by atoms with van der Waals surface area (Å²) in [5.41, 5.74) is 0.481. The Morgan fingerprint density at radius 3 is 2.58 bits per heavy atom. The van der Waals surface area contributed by atoms with Gasteiger partial charge in [-0.2, -0.15) is 0 Å². The Kier molecular flexibility index (Phi) is 8.03. The van der Waals surface area contributed by atoms with Gasteiger partial charge in [-0.1, -0.05) is 17.7 Å². The van der Waals surface area contributed by atoms with Crippen molar-refractivity contribution in [2.75, 3.05) is 25.5 Å². The number of sulfonamides is 1. The fourth-order valence-electron chi connectivity index (χ4n) is 4.08. The highest BCUT2D eigenvalue weighted by Crippen LogP contribution is 2.33. The van der Waals surface area contributed by atoms with Crippen molar-refractivity contribution in [2.24, 2.45) is 0 Å². The van der Waals surface area contributed by atoms with Crippen molar-refractivity contribution in [3.63, 3.8) is 0 Å². The van der Waals surface area contributed by atoms with E-state index in [9.17, 15) is 8.42 Å². The summed E-state index contributed by atoms with van der Waals surface area (Å²) >= 11 is 5.87. The summed E-state index contributed by atoms with van der Waals surface area (Å²) in [4.78, 5) is 12.7. The van der Waals surface area contributed by atoms with E-state index in [1.165, 1.54) is 33.5 Å². The van der Waals surface area contributed by atoms with Gasteiger partial charge in [0.2, 0.25) is 21.9 Å². The summed E-state index contributed by atoms with van der Waals surface area (Å²) in [6.07, 6.45) is 3.42. The molecule has 3 aromatic heterocycles. The molecular weight excluding hydrogens is 510 g/mol. The minimum atomic E-state index is -4.04. The van der Waals surface area contributed by atoms with Gasteiger partial charge < -0.3 is 14.2 Å². The minimum Gasteiger partial charge on any atom is -0.481 e. The minimum absolute atomic E-state index is 0.0383. The summed E-state index contributed by atoms with van der Waals surface area (Å²) in [6, 6.07) is 4.96. The van der Waals surface area contributed by atoms with Crippen LogP contribution in [0.25, 0.3) is 11.5 Å². The third kappa shape index (κ3) is 5.43. The van der Waals surface area contributed by atoms with Crippen LogP contribution < -0.4 is 9.46 Å². The predicted molar refractivity (Wildman–Crippen MR) is 132 cm³/mol. The van der Waals surface area contributed by atoms with Gasteiger partial charge in [0.15, 0.2) is 11.6 Å². The average molecular weight is 538 g/mol. The molecule has 1 aliphatic rings. The SMILES string of the molecule is COc1cccc(-c2nnc(NS(=O)(=O)C(C)C(OC)c3ncc(Cl)cn3)n2C(C)C2CCCO2)n1. The van der Waals surface area contributed by atoms with Crippen molar-refractivity contribution in [1.82, 2.24) is 29.7 Å². The Morgan fingerprint density at radius 2 is 1.94 bits per heavy atom. The zero-order valence-electron chi connectivity index (χ0n) is 20.3. The summed E-state index contributed by atoms with van der Waals surface area (Å²) in [7, 11) is -1.13.